The van der Waals surface area contributed by atoms with Crippen LogP contribution in [0.25, 0.3) is 10.8 Å². The van der Waals surface area contributed by atoms with Crippen LogP contribution in [-0.4, -0.2) is 136 Å². The molecule has 0 saturated carbocycles. The van der Waals surface area contributed by atoms with Crippen LogP contribution < -0.4 is 30.7 Å². The predicted octanol–water partition coefficient (Wildman–Crippen LogP) is 6.18. The number of carbonyl (C=O) groups excluding carboxylic acids is 6. The van der Waals surface area contributed by atoms with Gasteiger partial charge in [0.05, 0.1) is 34.0 Å². The van der Waals surface area contributed by atoms with Crippen LogP contribution in [0.4, 0.5) is 8.78 Å². The first kappa shape index (κ1) is 64.3. The van der Waals surface area contributed by atoms with E-state index in [4.69, 9.17) is 0 Å². The number of amides is 4. The Balaban J connectivity index is 0.851. The zero-order valence-electron chi connectivity index (χ0n) is 48.4. The molecule has 2 aliphatic rings. The zero-order chi connectivity index (χ0) is 61.7. The average molecular weight is 1220 g/mol. The molecule has 0 aliphatic carbocycles. The Hall–Kier alpha value is -7.74. The maximum absolute atomic E-state index is 14.3. The van der Waals surface area contributed by atoms with Gasteiger partial charge >= 0.3 is 0 Å². The van der Waals surface area contributed by atoms with E-state index in [1.54, 1.807) is 74.4 Å². The van der Waals surface area contributed by atoms with Gasteiger partial charge in [-0.2, -0.15) is 0 Å². The minimum Gasteiger partial charge on any atom is -0.343 e. The van der Waals surface area contributed by atoms with Crippen LogP contribution in [0, 0.1) is 11.6 Å². The highest BCUT2D eigenvalue weighted by molar-refractivity contribution is 7.89. The molecule has 8 rings (SSSR count). The largest absolute Gasteiger partial charge is 0.343 e. The van der Waals surface area contributed by atoms with E-state index in [-0.39, 0.29) is 81.4 Å². The summed E-state index contributed by atoms with van der Waals surface area (Å²) in [5.74, 6) is -3.12. The molecule has 2 aromatic heterocycles. The Labute approximate surface area is 499 Å². The number of likely N-dealkylation sites (N-methyl/N-ethyl adjacent to an activating group) is 2. The highest BCUT2D eigenvalue weighted by atomic mass is 32.2. The molecule has 24 heteroatoms. The maximum Gasteiger partial charge on any atom is 0.245 e. The van der Waals surface area contributed by atoms with Crippen LogP contribution >= 0.6 is 0 Å². The third kappa shape index (κ3) is 16.0. The number of halogens is 2. The fraction of sp³-hybridized carbons (Fsp3) is 0.387. The van der Waals surface area contributed by atoms with Gasteiger partial charge in [-0.15, -0.1) is 0 Å². The predicted molar refractivity (Wildman–Crippen MR) is 318 cm³/mol. The molecule has 2 fully saturated rings. The van der Waals surface area contributed by atoms with E-state index in [0.717, 1.165) is 0 Å². The van der Waals surface area contributed by atoms with Crippen molar-refractivity contribution >= 4 is 66.0 Å². The monoisotopic (exact) mass is 1220 g/mol. The number of likely N-dealkylation sites (tertiary alicyclic amines) is 2. The lowest BCUT2D eigenvalue weighted by Gasteiger charge is -2.30. The summed E-state index contributed by atoms with van der Waals surface area (Å²) in [5, 5.41) is 12.4. The molecule has 4 aromatic carbocycles. The second-order valence-corrected chi connectivity index (χ2v) is 25.2. The van der Waals surface area contributed by atoms with E-state index in [1.807, 2.05) is 0 Å². The Morgan fingerprint density at radius 2 is 0.919 bits per heavy atom. The van der Waals surface area contributed by atoms with Gasteiger partial charge in [-0.3, -0.25) is 38.7 Å². The second-order valence-electron chi connectivity index (χ2n) is 21.7. The Kier molecular flexibility index (Phi) is 21.7. The first-order valence-electron chi connectivity index (χ1n) is 28.8. The summed E-state index contributed by atoms with van der Waals surface area (Å²) in [5.41, 5.74) is 2.40. The quantitative estimate of drug-likeness (QED) is 0.0237. The van der Waals surface area contributed by atoms with Gasteiger partial charge in [0.1, 0.15) is 23.7 Å². The fourth-order valence-corrected chi connectivity index (χ4v) is 12.9. The Bertz CT molecular complexity index is 3440. The first-order valence-corrected chi connectivity index (χ1v) is 31.7. The lowest BCUT2D eigenvalue weighted by molar-refractivity contribution is -0.138. The molecule has 6 atom stereocenters. The minimum absolute atomic E-state index is 0.0150. The van der Waals surface area contributed by atoms with Crippen molar-refractivity contribution in [2.75, 3.05) is 40.3 Å². The van der Waals surface area contributed by atoms with Crippen LogP contribution in [0.5, 0.6) is 0 Å². The summed E-state index contributed by atoms with van der Waals surface area (Å²) in [4.78, 5) is 93.3. The first-order chi connectivity index (χ1) is 41.2. The molecule has 4 amide bonds. The van der Waals surface area contributed by atoms with E-state index in [1.165, 1.54) is 85.2 Å². The van der Waals surface area contributed by atoms with E-state index in [9.17, 15) is 54.4 Å². The average Bonchev–Trinajstić information content (AvgIpc) is 2.67. The summed E-state index contributed by atoms with van der Waals surface area (Å²) in [6.07, 6.45) is 10.2. The number of carbonyl (C=O) groups is 6. The smallest absolute Gasteiger partial charge is 0.245 e. The molecule has 20 nitrogen and oxygen atoms in total. The molecule has 0 radical (unpaired) electrons. The van der Waals surface area contributed by atoms with E-state index in [0.29, 0.717) is 86.4 Å². The number of aromatic nitrogens is 2. The zero-order valence-corrected chi connectivity index (χ0v) is 50.0. The number of sulfonamides is 2. The lowest BCUT2D eigenvalue weighted by Crippen LogP contribution is -2.52. The number of unbranched alkanes of at least 4 members (excludes halogenated alkanes) is 2. The van der Waals surface area contributed by atoms with Crippen molar-refractivity contribution in [1.29, 1.82) is 0 Å². The van der Waals surface area contributed by atoms with Crippen molar-refractivity contribution in [2.24, 2.45) is 0 Å². The highest BCUT2D eigenvalue weighted by Gasteiger charge is 2.37. The molecule has 6 N–H and O–H groups in total. The molecule has 0 bridgehead atoms. The van der Waals surface area contributed by atoms with Crippen LogP contribution in [0.15, 0.2) is 132 Å². The van der Waals surface area contributed by atoms with Gasteiger partial charge in [0, 0.05) is 73.2 Å². The highest BCUT2D eigenvalue weighted by Crippen LogP contribution is 2.35. The number of rotatable bonds is 28. The standard InChI is InChI=1S/C62H72F2N10O10S2/c1-39(65-3)59(77)71-53(61(79)73-29-9-13-55(73)45-31-47(37-67-35-45)57(75)42-15-21-49(63)22-16-42)11-5-7-27-69-85(81,82)51-25-19-41-20-26-52(34-44(41)33-51)86(83,84)70-28-8-6-12-54(72-60(78)40(2)66-4)62(80)74-30-10-14-56(74)46-32-48(38-68-36-46)58(76)43-17-23-50(64)24-18-43/h15-26,31-40,53-56,65-66,69-70H,5-14,27-30H2,1-4H3,(H,71,77)(H,72,78). The third-order valence-corrected chi connectivity index (χ3v) is 18.7. The van der Waals surface area contributed by atoms with Gasteiger partial charge < -0.3 is 31.1 Å². The SMILES string of the molecule is CNC(C)C(=O)NC(CCCCNS(=O)(=O)c1ccc2ccc(S(=O)(=O)NCCCCC(NC(=O)C(C)NC)C(=O)N3CCCC3c3cncc(C(=O)c4ccc(F)cc4)c3)cc2c1)C(=O)N1CCCC1c1cncc(C(=O)c2ccc(F)cc2)c1. The number of nitrogens with one attached hydrogen (secondary N) is 6. The number of benzene rings is 4. The van der Waals surface area contributed by atoms with Crippen molar-refractivity contribution in [3.8, 4) is 0 Å². The second kappa shape index (κ2) is 29.1. The van der Waals surface area contributed by atoms with E-state index >= 15 is 0 Å². The fourth-order valence-electron chi connectivity index (χ4n) is 10.7. The number of fused-ring (bicyclic) bond motifs is 1. The van der Waals surface area contributed by atoms with Crippen LogP contribution in [-0.2, 0) is 39.2 Å². The maximum atomic E-state index is 14.3. The topological polar surface area (TPSA) is 275 Å². The summed E-state index contributed by atoms with van der Waals surface area (Å²) in [7, 11) is -4.99. The van der Waals surface area contributed by atoms with Gasteiger partial charge in [-0.25, -0.2) is 35.1 Å². The molecule has 456 valence electrons. The van der Waals surface area contributed by atoms with E-state index < -0.39 is 79.7 Å². The molecular formula is C62H72F2N10O10S2. The molecule has 6 unspecified atom stereocenters. The van der Waals surface area contributed by atoms with Crippen LogP contribution in [0.3, 0.4) is 0 Å². The van der Waals surface area contributed by atoms with E-state index in [2.05, 4.69) is 40.7 Å². The lowest BCUT2D eigenvalue weighted by atomic mass is 9.99. The third-order valence-electron chi connectivity index (χ3n) is 15.8. The normalized spacial score (nSPS) is 16.8. The van der Waals surface area contributed by atoms with Crippen molar-refractivity contribution < 1.29 is 54.4 Å². The van der Waals surface area contributed by atoms with Crippen LogP contribution in [0.2, 0.25) is 0 Å². The molecule has 6 aromatic rings. The van der Waals surface area contributed by atoms with Crippen molar-refractivity contribution in [1.82, 2.24) is 50.5 Å². The van der Waals surface area contributed by atoms with Gasteiger partial charge in [-0.05, 0) is 199 Å². The number of pyridine rings is 2. The minimum atomic E-state index is -4.11. The summed E-state index contributed by atoms with van der Waals surface area (Å²) >= 11 is 0. The van der Waals surface area contributed by atoms with Crippen LogP contribution in [0.1, 0.15) is 133 Å². The van der Waals surface area contributed by atoms with Gasteiger partial charge in [0.15, 0.2) is 11.6 Å². The number of hydrogen-bond donors (Lipinski definition) is 6. The summed E-state index contributed by atoms with van der Waals surface area (Å²) < 4.78 is 87.1. The van der Waals surface area contributed by atoms with Crippen molar-refractivity contribution in [2.45, 2.75) is 124 Å². The van der Waals surface area contributed by atoms with Gasteiger partial charge in [-0.1, -0.05) is 12.1 Å². The molecule has 2 aliphatic heterocycles. The van der Waals surface area contributed by atoms with Gasteiger partial charge in [0.25, 0.3) is 0 Å². The Morgan fingerprint density at radius 1 is 0.523 bits per heavy atom. The number of hydrogen-bond acceptors (Lipinski definition) is 14. The summed E-state index contributed by atoms with van der Waals surface area (Å²) in [6, 6.07) is 18.4. The van der Waals surface area contributed by atoms with Gasteiger partial charge in [0.2, 0.25) is 43.7 Å². The number of ketones is 2. The molecule has 86 heavy (non-hydrogen) atoms. The molecule has 2 saturated heterocycles. The number of nitrogens with zero attached hydrogens (tertiary/aromatic N) is 4. The molecular weight excluding hydrogens is 1150 g/mol. The molecule has 0 spiro atoms. The van der Waals surface area contributed by atoms with Crippen molar-refractivity contribution in [3.05, 3.63) is 167 Å². The molecule has 4 heterocycles. The Morgan fingerprint density at radius 3 is 1.30 bits per heavy atom. The summed E-state index contributed by atoms with van der Waals surface area (Å²) in [6.45, 7) is 4.07. The van der Waals surface area contributed by atoms with Crippen molar-refractivity contribution in [3.63, 3.8) is 0 Å².